The van der Waals surface area contributed by atoms with Crippen molar-refractivity contribution in [2.45, 2.75) is 51.3 Å². The van der Waals surface area contributed by atoms with Crippen molar-refractivity contribution < 1.29 is 4.74 Å². The number of hydrogen-bond donors (Lipinski definition) is 1. The third-order valence-electron chi connectivity index (χ3n) is 4.33. The average Bonchev–Trinajstić information content (AvgIpc) is 3.15. The molecule has 1 unspecified atom stereocenters. The van der Waals surface area contributed by atoms with Gasteiger partial charge in [0, 0.05) is 19.3 Å². The van der Waals surface area contributed by atoms with Crippen LogP contribution in [0, 0.1) is 0 Å². The Bertz CT molecular complexity index is 492. The number of ether oxygens (including phenoxy) is 1. The van der Waals surface area contributed by atoms with Crippen LogP contribution >= 0.6 is 0 Å². The van der Waals surface area contributed by atoms with Gasteiger partial charge in [-0.25, -0.2) is 4.99 Å². The fourth-order valence-electron chi connectivity index (χ4n) is 3.12. The Balaban J connectivity index is 1.57. The normalized spacial score (nSPS) is 24.7. The lowest BCUT2D eigenvalue weighted by molar-refractivity contribution is 0.00528. The van der Waals surface area contributed by atoms with Crippen LogP contribution in [0.2, 0.25) is 0 Å². The van der Waals surface area contributed by atoms with Gasteiger partial charge in [-0.2, -0.15) is 5.10 Å². The van der Waals surface area contributed by atoms with Gasteiger partial charge in [-0.05, 0) is 25.8 Å². The molecule has 0 amide bonds. The van der Waals surface area contributed by atoms with E-state index in [4.69, 9.17) is 10.5 Å². The van der Waals surface area contributed by atoms with Crippen LogP contribution in [0.15, 0.2) is 17.3 Å². The van der Waals surface area contributed by atoms with Crippen LogP contribution in [0.1, 0.15) is 44.3 Å². The minimum Gasteiger partial charge on any atom is -0.375 e. The van der Waals surface area contributed by atoms with Gasteiger partial charge in [-0.15, -0.1) is 0 Å². The zero-order valence-electron chi connectivity index (χ0n) is 12.7. The summed E-state index contributed by atoms with van der Waals surface area (Å²) in [7, 11) is 0. The predicted octanol–water partition coefficient (Wildman–Crippen LogP) is 1.53. The quantitative estimate of drug-likeness (QED) is 0.677. The molecule has 2 heterocycles. The van der Waals surface area contributed by atoms with Crippen molar-refractivity contribution in [1.82, 2.24) is 14.7 Å². The molecular formula is C15H25N5O. The third-order valence-corrected chi connectivity index (χ3v) is 4.33. The van der Waals surface area contributed by atoms with E-state index in [1.165, 1.54) is 25.7 Å². The van der Waals surface area contributed by atoms with E-state index in [9.17, 15) is 0 Å². The van der Waals surface area contributed by atoms with Crippen LogP contribution in [0.5, 0.6) is 0 Å². The second-order valence-electron chi connectivity index (χ2n) is 6.03. The van der Waals surface area contributed by atoms with Crippen molar-refractivity contribution in [3.05, 3.63) is 18.0 Å². The van der Waals surface area contributed by atoms with Crippen LogP contribution in [0.3, 0.4) is 0 Å². The molecule has 6 nitrogen and oxygen atoms in total. The fraction of sp³-hybridized carbons (Fsp3) is 0.733. The first-order valence-electron chi connectivity index (χ1n) is 7.93. The van der Waals surface area contributed by atoms with Gasteiger partial charge in [0.2, 0.25) is 0 Å². The van der Waals surface area contributed by atoms with E-state index in [1.807, 2.05) is 0 Å². The summed E-state index contributed by atoms with van der Waals surface area (Å²) >= 11 is 0. The SMILES string of the molecule is CC1CN(C(N)=NCc2ccn(C3CCCC3)n2)CCO1. The third kappa shape index (κ3) is 3.56. The number of aromatic nitrogens is 2. The van der Waals surface area contributed by atoms with Crippen molar-refractivity contribution in [1.29, 1.82) is 0 Å². The molecule has 0 spiro atoms. The molecule has 2 N–H and O–H groups in total. The molecule has 1 aromatic rings. The summed E-state index contributed by atoms with van der Waals surface area (Å²) in [5.41, 5.74) is 7.07. The topological polar surface area (TPSA) is 68.7 Å². The molecular weight excluding hydrogens is 266 g/mol. The van der Waals surface area contributed by atoms with Gasteiger partial charge in [-0.1, -0.05) is 12.8 Å². The molecule has 3 rings (SSSR count). The van der Waals surface area contributed by atoms with E-state index >= 15 is 0 Å². The zero-order chi connectivity index (χ0) is 14.7. The summed E-state index contributed by atoms with van der Waals surface area (Å²) in [6.45, 7) is 4.95. The Morgan fingerprint density at radius 1 is 1.48 bits per heavy atom. The van der Waals surface area contributed by atoms with Gasteiger partial charge < -0.3 is 15.4 Å². The first kappa shape index (κ1) is 14.4. The number of nitrogens with zero attached hydrogens (tertiary/aromatic N) is 4. The summed E-state index contributed by atoms with van der Waals surface area (Å²) < 4.78 is 7.62. The molecule has 0 radical (unpaired) electrons. The van der Waals surface area contributed by atoms with Gasteiger partial charge in [0.25, 0.3) is 0 Å². The Hall–Kier alpha value is -1.56. The molecule has 1 saturated carbocycles. The van der Waals surface area contributed by atoms with Crippen molar-refractivity contribution in [2.24, 2.45) is 10.7 Å². The lowest BCUT2D eigenvalue weighted by Gasteiger charge is -2.31. The lowest BCUT2D eigenvalue weighted by atomic mass is 10.3. The van der Waals surface area contributed by atoms with Gasteiger partial charge in [0.05, 0.1) is 31.0 Å². The van der Waals surface area contributed by atoms with Crippen LogP contribution in [-0.4, -0.2) is 46.4 Å². The van der Waals surface area contributed by atoms with Gasteiger partial charge in [0.1, 0.15) is 0 Å². The minimum absolute atomic E-state index is 0.217. The molecule has 116 valence electrons. The van der Waals surface area contributed by atoms with Crippen molar-refractivity contribution in [3.8, 4) is 0 Å². The molecule has 1 saturated heterocycles. The highest BCUT2D eigenvalue weighted by atomic mass is 16.5. The fourth-order valence-corrected chi connectivity index (χ4v) is 3.12. The van der Waals surface area contributed by atoms with Crippen molar-refractivity contribution >= 4 is 5.96 Å². The predicted molar refractivity (Wildman–Crippen MR) is 82.0 cm³/mol. The Morgan fingerprint density at radius 3 is 3.05 bits per heavy atom. The Morgan fingerprint density at radius 2 is 2.29 bits per heavy atom. The second kappa shape index (κ2) is 6.47. The molecule has 0 bridgehead atoms. The molecule has 1 aliphatic heterocycles. The highest BCUT2D eigenvalue weighted by Crippen LogP contribution is 2.28. The van der Waals surface area contributed by atoms with Crippen LogP contribution in [0.4, 0.5) is 0 Å². The van der Waals surface area contributed by atoms with Crippen LogP contribution in [-0.2, 0) is 11.3 Å². The highest BCUT2D eigenvalue weighted by Gasteiger charge is 2.19. The van der Waals surface area contributed by atoms with Gasteiger partial charge >= 0.3 is 0 Å². The molecule has 1 aliphatic carbocycles. The van der Waals surface area contributed by atoms with E-state index in [1.54, 1.807) is 0 Å². The first-order valence-corrected chi connectivity index (χ1v) is 7.93. The Kier molecular flexibility index (Phi) is 4.43. The summed E-state index contributed by atoms with van der Waals surface area (Å²) in [6.07, 6.45) is 7.43. The number of guanidine groups is 1. The van der Waals surface area contributed by atoms with E-state index in [0.29, 0.717) is 25.2 Å². The molecule has 21 heavy (non-hydrogen) atoms. The molecule has 2 fully saturated rings. The molecule has 2 aliphatic rings. The highest BCUT2D eigenvalue weighted by molar-refractivity contribution is 5.78. The smallest absolute Gasteiger partial charge is 0.191 e. The standard InChI is InChI=1S/C15H25N5O/c1-12-11-19(8-9-21-12)15(16)17-10-13-6-7-20(18-13)14-4-2-3-5-14/h6-7,12,14H,2-5,8-11H2,1H3,(H2,16,17). The van der Waals surface area contributed by atoms with Crippen LogP contribution < -0.4 is 5.73 Å². The largest absolute Gasteiger partial charge is 0.375 e. The van der Waals surface area contributed by atoms with Gasteiger partial charge in [-0.3, -0.25) is 4.68 Å². The molecule has 1 aromatic heterocycles. The maximum absolute atomic E-state index is 6.07. The summed E-state index contributed by atoms with van der Waals surface area (Å²) in [6, 6.07) is 2.64. The summed E-state index contributed by atoms with van der Waals surface area (Å²) in [5.74, 6) is 0.598. The lowest BCUT2D eigenvalue weighted by Crippen LogP contribution is -2.47. The van der Waals surface area contributed by atoms with Crippen molar-refractivity contribution in [2.75, 3.05) is 19.7 Å². The molecule has 1 atom stereocenters. The van der Waals surface area contributed by atoms with E-state index in [2.05, 4.69) is 38.9 Å². The Labute approximate surface area is 126 Å². The number of aliphatic imine (C=N–C) groups is 1. The average molecular weight is 291 g/mol. The maximum Gasteiger partial charge on any atom is 0.191 e. The zero-order valence-corrected chi connectivity index (χ0v) is 12.7. The summed E-state index contributed by atoms with van der Waals surface area (Å²) in [5, 5.41) is 4.64. The number of nitrogens with two attached hydrogens (primary N) is 1. The first-order chi connectivity index (χ1) is 10.2. The summed E-state index contributed by atoms with van der Waals surface area (Å²) in [4.78, 5) is 6.57. The van der Waals surface area contributed by atoms with E-state index in [-0.39, 0.29) is 6.10 Å². The van der Waals surface area contributed by atoms with Crippen LogP contribution in [0.25, 0.3) is 0 Å². The molecule has 6 heteroatoms. The minimum atomic E-state index is 0.217. The molecule has 0 aromatic carbocycles. The van der Waals surface area contributed by atoms with Gasteiger partial charge in [0.15, 0.2) is 5.96 Å². The number of morpholine rings is 1. The monoisotopic (exact) mass is 291 g/mol. The second-order valence-corrected chi connectivity index (χ2v) is 6.03. The van der Waals surface area contributed by atoms with E-state index in [0.717, 1.165) is 18.8 Å². The number of rotatable bonds is 3. The maximum atomic E-state index is 6.07. The van der Waals surface area contributed by atoms with E-state index < -0.39 is 0 Å². The van der Waals surface area contributed by atoms with Crippen molar-refractivity contribution in [3.63, 3.8) is 0 Å². The number of hydrogen-bond acceptors (Lipinski definition) is 3.